The number of alkyl carbamates (subject to hydrolysis) is 1. The van der Waals surface area contributed by atoms with Crippen LogP contribution in [0.25, 0.3) is 11.0 Å². The molecule has 2 unspecified atom stereocenters. The molecule has 1 aromatic heterocycles. The number of amides is 2. The molecule has 8 rings (SSSR count). The zero-order chi connectivity index (χ0) is 36.1. The van der Waals surface area contributed by atoms with E-state index in [2.05, 4.69) is 50.9 Å². The molecule has 0 radical (unpaired) electrons. The lowest BCUT2D eigenvalue weighted by Gasteiger charge is -2.64. The van der Waals surface area contributed by atoms with Gasteiger partial charge in [-0.25, -0.2) is 4.79 Å². The molecule has 8 atom stereocenters. The lowest BCUT2D eigenvalue weighted by atomic mass is 9.43. The van der Waals surface area contributed by atoms with E-state index in [-0.39, 0.29) is 41.5 Å². The van der Waals surface area contributed by atoms with Crippen LogP contribution in [0, 0.1) is 40.4 Å². The van der Waals surface area contributed by atoms with Crippen LogP contribution in [0.5, 0.6) is 0 Å². The quantitative estimate of drug-likeness (QED) is 0.298. The van der Waals surface area contributed by atoms with E-state index < -0.39 is 30.7 Å². The number of likely N-dealkylation sites (tertiary alicyclic amines) is 1. The maximum Gasteiger partial charge on any atom is 0.482 e. The average Bonchev–Trinajstić information content (AvgIpc) is 3.84. The van der Waals surface area contributed by atoms with Gasteiger partial charge in [-0.1, -0.05) is 39.0 Å². The number of ether oxygens (including phenoxy) is 2. The van der Waals surface area contributed by atoms with Crippen LogP contribution in [-0.2, 0) is 30.0 Å². The lowest BCUT2D eigenvalue weighted by Crippen LogP contribution is -2.65. The highest BCUT2D eigenvalue weighted by molar-refractivity contribution is 6.48. The Hall–Kier alpha value is -3.11. The van der Waals surface area contributed by atoms with E-state index in [0.717, 1.165) is 48.9 Å². The molecule has 276 valence electrons. The van der Waals surface area contributed by atoms with Crippen LogP contribution in [0.4, 0.5) is 4.79 Å². The molecule has 6 fully saturated rings. The Morgan fingerprint density at radius 1 is 1.16 bits per heavy atom. The fourth-order valence-electron chi connectivity index (χ4n) is 10.2. The first-order chi connectivity index (χ1) is 24.3. The standard InChI is InChI=1S/C39H55BN4O7/c1-25(21-37(2,3)43-14-16-47-17-15-43)30(22-41)35(45)44-13-9-10-28(44)24-49-36(46)42-34(18-26-23-48-31-12-8-7-11-29(26)31)40-50-33-20-27-19-32(38(27,4)5)39(33,6)51-40/h7-8,11-12,23,25,27-28,30,32-34H,9-10,13-21,24H2,1-6H3,(H,42,46)/t25?,27-,28+,30?,32-,33+,34-,39-/m0/s1. The molecule has 2 bridgehead atoms. The van der Waals surface area contributed by atoms with Gasteiger partial charge in [-0.2, -0.15) is 5.26 Å². The van der Waals surface area contributed by atoms with Gasteiger partial charge in [-0.3, -0.25) is 9.69 Å². The fraction of sp³-hybridized carbons (Fsp3) is 0.718. The minimum absolute atomic E-state index is 0.0336. The van der Waals surface area contributed by atoms with Gasteiger partial charge in [0, 0.05) is 30.6 Å². The van der Waals surface area contributed by atoms with Crippen LogP contribution in [0.1, 0.15) is 79.2 Å². The third-order valence-electron chi connectivity index (χ3n) is 13.3. The van der Waals surface area contributed by atoms with Crippen LogP contribution in [0.2, 0.25) is 0 Å². The molecule has 11 nitrogen and oxygen atoms in total. The summed E-state index contributed by atoms with van der Waals surface area (Å²) in [7, 11) is -0.652. The number of hydrogen-bond acceptors (Lipinski definition) is 9. The van der Waals surface area contributed by atoms with E-state index in [1.807, 2.05) is 31.2 Å². The van der Waals surface area contributed by atoms with Crippen LogP contribution in [0.15, 0.2) is 34.9 Å². The number of para-hydroxylation sites is 1. The SMILES string of the molecule is CC(CC(C)(C)N1CCOCC1)C(C#N)C(=O)N1CCC[C@@H]1COC(=O)N[C@@H](Cc1coc2ccccc12)B1O[C@@H]2C[C@@H]3C[C@@H](C3(C)C)[C@]2(C)O1. The summed E-state index contributed by atoms with van der Waals surface area (Å²) in [6.45, 7) is 16.9. The Morgan fingerprint density at radius 3 is 2.67 bits per heavy atom. The van der Waals surface area contributed by atoms with Crippen molar-refractivity contribution in [2.24, 2.45) is 29.1 Å². The number of nitriles is 1. The molecule has 3 aliphatic heterocycles. The molecule has 1 aromatic carbocycles. The summed E-state index contributed by atoms with van der Waals surface area (Å²) >= 11 is 0. The number of nitrogens with zero attached hydrogens (tertiary/aromatic N) is 3. The molecule has 51 heavy (non-hydrogen) atoms. The largest absolute Gasteiger partial charge is 0.482 e. The van der Waals surface area contributed by atoms with Crippen LogP contribution in [-0.4, -0.2) is 97.6 Å². The van der Waals surface area contributed by atoms with Crippen molar-refractivity contribution in [1.29, 1.82) is 5.26 Å². The summed E-state index contributed by atoms with van der Waals surface area (Å²) < 4.78 is 30.7. The minimum atomic E-state index is -0.772. The molecule has 4 heterocycles. The Bertz CT molecular complexity index is 1630. The smallest absolute Gasteiger partial charge is 0.464 e. The van der Waals surface area contributed by atoms with Crippen molar-refractivity contribution in [2.75, 3.05) is 39.5 Å². The number of rotatable bonds is 11. The highest BCUT2D eigenvalue weighted by Gasteiger charge is 2.68. The molecule has 6 aliphatic rings. The monoisotopic (exact) mass is 702 g/mol. The highest BCUT2D eigenvalue weighted by atomic mass is 16.7. The second-order valence-corrected chi connectivity index (χ2v) is 17.2. The predicted molar refractivity (Wildman–Crippen MR) is 192 cm³/mol. The van der Waals surface area contributed by atoms with Crippen molar-refractivity contribution in [3.63, 3.8) is 0 Å². The minimum Gasteiger partial charge on any atom is -0.464 e. The molecule has 2 aromatic rings. The van der Waals surface area contributed by atoms with E-state index in [9.17, 15) is 14.9 Å². The van der Waals surface area contributed by atoms with Gasteiger partial charge in [0.2, 0.25) is 5.91 Å². The van der Waals surface area contributed by atoms with Gasteiger partial charge < -0.3 is 33.4 Å². The zero-order valence-corrected chi connectivity index (χ0v) is 31.2. The number of fused-ring (bicyclic) bond motifs is 1. The molecule has 2 amide bonds. The maximum absolute atomic E-state index is 13.9. The predicted octanol–water partition coefficient (Wildman–Crippen LogP) is 5.61. The van der Waals surface area contributed by atoms with Gasteiger partial charge in [0.25, 0.3) is 0 Å². The average molecular weight is 703 g/mol. The first-order valence-corrected chi connectivity index (χ1v) is 19.1. The summed E-state index contributed by atoms with van der Waals surface area (Å²) in [4.78, 5) is 31.6. The van der Waals surface area contributed by atoms with Crippen molar-refractivity contribution in [1.82, 2.24) is 15.1 Å². The highest BCUT2D eigenvalue weighted by Crippen LogP contribution is 2.65. The summed E-state index contributed by atoms with van der Waals surface area (Å²) in [5.41, 5.74) is 1.33. The van der Waals surface area contributed by atoms with Gasteiger partial charge >= 0.3 is 13.2 Å². The van der Waals surface area contributed by atoms with Gasteiger partial charge in [-0.05, 0) is 94.1 Å². The van der Waals surface area contributed by atoms with Gasteiger partial charge in [0.1, 0.15) is 18.1 Å². The molecular weight excluding hydrogens is 647 g/mol. The van der Waals surface area contributed by atoms with Crippen molar-refractivity contribution in [2.45, 2.75) is 109 Å². The van der Waals surface area contributed by atoms with Crippen molar-refractivity contribution >= 4 is 30.1 Å². The van der Waals surface area contributed by atoms with Crippen molar-refractivity contribution in [3.8, 4) is 6.07 Å². The summed E-state index contributed by atoms with van der Waals surface area (Å²) in [6.07, 6.45) is 5.87. The van der Waals surface area contributed by atoms with Crippen LogP contribution >= 0.6 is 0 Å². The number of nitrogens with one attached hydrogen (secondary N) is 1. The molecular formula is C39H55BN4O7. The number of morpholine rings is 1. The van der Waals surface area contributed by atoms with Gasteiger partial charge in [-0.15, -0.1) is 0 Å². The normalized spacial score (nSPS) is 30.6. The number of carbonyl (C=O) groups is 2. The molecule has 12 heteroatoms. The number of carbonyl (C=O) groups excluding carboxylic acids is 2. The Labute approximate surface area is 302 Å². The van der Waals surface area contributed by atoms with E-state index in [1.165, 1.54) is 0 Å². The maximum atomic E-state index is 13.9. The van der Waals surface area contributed by atoms with E-state index in [4.69, 9.17) is 23.2 Å². The van der Waals surface area contributed by atoms with Gasteiger partial charge in [0.15, 0.2) is 0 Å². The Morgan fingerprint density at radius 2 is 1.92 bits per heavy atom. The van der Waals surface area contributed by atoms with Crippen LogP contribution in [0.3, 0.4) is 0 Å². The second kappa shape index (κ2) is 14.0. The first-order valence-electron chi connectivity index (χ1n) is 19.1. The number of furan rings is 1. The summed E-state index contributed by atoms with van der Waals surface area (Å²) in [5, 5.41) is 14.3. The molecule has 3 saturated heterocycles. The topological polar surface area (TPSA) is 127 Å². The van der Waals surface area contributed by atoms with E-state index in [1.54, 1.807) is 11.2 Å². The van der Waals surface area contributed by atoms with Crippen molar-refractivity contribution in [3.05, 3.63) is 36.1 Å². The number of benzene rings is 1. The van der Waals surface area contributed by atoms with Gasteiger partial charge in [0.05, 0.1) is 49.2 Å². The molecule has 3 saturated carbocycles. The summed E-state index contributed by atoms with van der Waals surface area (Å²) in [6, 6.07) is 9.90. The molecule has 0 spiro atoms. The van der Waals surface area contributed by atoms with Crippen molar-refractivity contribution < 1.29 is 32.8 Å². The Kier molecular flexibility index (Phi) is 9.98. The molecule has 3 aliphatic carbocycles. The first kappa shape index (κ1) is 36.3. The number of hydrogen-bond donors (Lipinski definition) is 1. The molecule has 1 N–H and O–H groups in total. The second-order valence-electron chi connectivity index (χ2n) is 17.2. The van der Waals surface area contributed by atoms with Crippen LogP contribution < -0.4 is 5.32 Å². The van der Waals surface area contributed by atoms with E-state index >= 15 is 0 Å². The summed E-state index contributed by atoms with van der Waals surface area (Å²) in [5.74, 6) is -0.623. The lowest BCUT2D eigenvalue weighted by molar-refractivity contribution is -0.199. The third kappa shape index (κ3) is 6.80. The third-order valence-corrected chi connectivity index (χ3v) is 13.3. The fourth-order valence-corrected chi connectivity index (χ4v) is 10.2. The Balaban J connectivity index is 1.00. The van der Waals surface area contributed by atoms with E-state index in [0.29, 0.717) is 50.9 Å². The zero-order valence-electron chi connectivity index (χ0n) is 31.2.